The van der Waals surface area contributed by atoms with Gasteiger partial charge in [-0.25, -0.2) is 9.59 Å². The summed E-state index contributed by atoms with van der Waals surface area (Å²) in [5.41, 5.74) is 1.55. The average molecular weight is 277 g/mol. The minimum atomic E-state index is -1.13. The topological polar surface area (TPSA) is 112 Å². The van der Waals surface area contributed by atoms with Crippen LogP contribution in [0.25, 0.3) is 0 Å². The number of aryl methyl sites for hydroxylation is 2. The smallest absolute Gasteiger partial charge is 0.354 e. The molecule has 0 saturated heterocycles. The van der Waals surface area contributed by atoms with E-state index in [1.807, 2.05) is 0 Å². The van der Waals surface area contributed by atoms with Gasteiger partial charge < -0.3 is 20.7 Å². The van der Waals surface area contributed by atoms with Crippen LogP contribution >= 0.6 is 0 Å². The highest BCUT2D eigenvalue weighted by Gasteiger charge is 2.15. The van der Waals surface area contributed by atoms with Crippen LogP contribution in [0.2, 0.25) is 0 Å². The van der Waals surface area contributed by atoms with E-state index in [1.165, 1.54) is 0 Å². The van der Waals surface area contributed by atoms with E-state index < -0.39 is 12.0 Å². The number of aromatic carboxylic acids is 1. The summed E-state index contributed by atoms with van der Waals surface area (Å²) in [4.78, 5) is 25.4. The van der Waals surface area contributed by atoms with Gasteiger partial charge in [-0.15, -0.1) is 0 Å². The van der Waals surface area contributed by atoms with Crippen molar-refractivity contribution in [1.82, 2.24) is 20.1 Å². The molecule has 8 heteroatoms. The quantitative estimate of drug-likeness (QED) is 0.669. The summed E-state index contributed by atoms with van der Waals surface area (Å²) in [5, 5.41) is 18.2. The number of rotatable bonds is 4. The van der Waals surface area contributed by atoms with E-state index in [2.05, 4.69) is 20.7 Å². The number of anilines is 1. The molecule has 20 heavy (non-hydrogen) atoms. The Balaban J connectivity index is 1.96. The molecule has 0 aliphatic rings. The maximum absolute atomic E-state index is 11.7. The van der Waals surface area contributed by atoms with Gasteiger partial charge in [0.2, 0.25) is 0 Å². The fourth-order valence-electron chi connectivity index (χ4n) is 1.75. The van der Waals surface area contributed by atoms with E-state index in [9.17, 15) is 9.59 Å². The van der Waals surface area contributed by atoms with Crippen LogP contribution in [0, 0.1) is 6.92 Å². The number of carboxylic acids is 1. The van der Waals surface area contributed by atoms with Gasteiger partial charge in [-0.3, -0.25) is 4.68 Å². The van der Waals surface area contributed by atoms with Gasteiger partial charge in [-0.1, -0.05) is 0 Å². The fraction of sp³-hybridized carbons (Fsp3) is 0.250. The summed E-state index contributed by atoms with van der Waals surface area (Å²) < 4.78 is 1.63. The Labute approximate surface area is 114 Å². The first-order valence-electron chi connectivity index (χ1n) is 5.92. The number of urea groups is 1. The number of hydrogen-bond acceptors (Lipinski definition) is 3. The lowest BCUT2D eigenvalue weighted by Gasteiger charge is -2.05. The van der Waals surface area contributed by atoms with Crippen LogP contribution in [-0.4, -0.2) is 31.9 Å². The largest absolute Gasteiger partial charge is 0.477 e. The third kappa shape index (κ3) is 3.16. The molecule has 2 aromatic rings. The van der Waals surface area contributed by atoms with Crippen molar-refractivity contribution >= 4 is 17.7 Å². The number of carboxylic acid groups (broad SMARTS) is 1. The van der Waals surface area contributed by atoms with Crippen molar-refractivity contribution in [3.05, 3.63) is 35.4 Å². The Kier molecular flexibility index (Phi) is 3.74. The van der Waals surface area contributed by atoms with Crippen molar-refractivity contribution in [3.8, 4) is 0 Å². The first-order valence-corrected chi connectivity index (χ1v) is 5.92. The van der Waals surface area contributed by atoms with Gasteiger partial charge in [-0.05, 0) is 19.1 Å². The molecule has 2 amide bonds. The minimum absolute atomic E-state index is 0.0458. The second-order valence-electron chi connectivity index (χ2n) is 4.33. The third-order valence-electron chi connectivity index (χ3n) is 2.61. The predicted octanol–water partition coefficient (Wildman–Crippen LogP) is 1.08. The Hall–Kier alpha value is -2.77. The van der Waals surface area contributed by atoms with Crippen molar-refractivity contribution in [2.45, 2.75) is 13.5 Å². The Morgan fingerprint density at radius 2 is 2.25 bits per heavy atom. The summed E-state index contributed by atoms with van der Waals surface area (Å²) in [6.07, 6.45) is 1.77. The summed E-state index contributed by atoms with van der Waals surface area (Å²) >= 11 is 0. The first-order chi connectivity index (χ1) is 9.45. The normalized spacial score (nSPS) is 10.3. The molecule has 0 fully saturated rings. The number of aromatic amines is 1. The lowest BCUT2D eigenvalue weighted by Crippen LogP contribution is -2.28. The van der Waals surface area contributed by atoms with Gasteiger partial charge in [0.15, 0.2) is 0 Å². The molecule has 0 aliphatic heterocycles. The highest BCUT2D eigenvalue weighted by Crippen LogP contribution is 2.16. The number of nitrogens with zero attached hydrogens (tertiary/aromatic N) is 2. The molecule has 106 valence electrons. The van der Waals surface area contributed by atoms with E-state index >= 15 is 0 Å². The van der Waals surface area contributed by atoms with Crippen LogP contribution < -0.4 is 10.6 Å². The molecule has 0 unspecified atom stereocenters. The number of H-pyrrole nitrogens is 1. The number of carbonyl (C=O) groups is 2. The molecule has 2 rings (SSSR count). The summed E-state index contributed by atoms with van der Waals surface area (Å²) in [6.45, 7) is 1.97. The lowest BCUT2D eigenvalue weighted by atomic mass is 10.3. The second kappa shape index (κ2) is 5.47. The SMILES string of the molecule is Cc1cc(NC(=O)NCc2ccn(C)n2)c(C(=O)O)[nH]1. The number of hydrogen-bond donors (Lipinski definition) is 4. The second-order valence-corrected chi connectivity index (χ2v) is 4.33. The van der Waals surface area contributed by atoms with Crippen LogP contribution in [0.3, 0.4) is 0 Å². The van der Waals surface area contributed by atoms with E-state index in [0.717, 1.165) is 0 Å². The highest BCUT2D eigenvalue weighted by atomic mass is 16.4. The monoisotopic (exact) mass is 277 g/mol. The van der Waals surface area contributed by atoms with E-state index in [4.69, 9.17) is 5.11 Å². The number of aromatic nitrogens is 3. The average Bonchev–Trinajstić information content (AvgIpc) is 2.93. The Morgan fingerprint density at radius 1 is 1.50 bits per heavy atom. The highest BCUT2D eigenvalue weighted by molar-refractivity contribution is 5.99. The van der Waals surface area contributed by atoms with Crippen molar-refractivity contribution in [2.24, 2.45) is 7.05 Å². The molecule has 0 bridgehead atoms. The molecule has 2 aromatic heterocycles. The molecular weight excluding hydrogens is 262 g/mol. The van der Waals surface area contributed by atoms with Gasteiger partial charge in [0.05, 0.1) is 17.9 Å². The van der Waals surface area contributed by atoms with Gasteiger partial charge in [-0.2, -0.15) is 5.10 Å². The Bertz CT molecular complexity index is 643. The van der Waals surface area contributed by atoms with Crippen molar-refractivity contribution in [3.63, 3.8) is 0 Å². The summed E-state index contributed by atoms with van der Waals surface area (Å²) in [6, 6.07) is 2.85. The van der Waals surface area contributed by atoms with Gasteiger partial charge in [0.1, 0.15) is 5.69 Å². The summed E-state index contributed by atoms with van der Waals surface area (Å²) in [7, 11) is 1.78. The lowest BCUT2D eigenvalue weighted by molar-refractivity contribution is 0.0692. The van der Waals surface area contributed by atoms with E-state index in [1.54, 1.807) is 37.0 Å². The molecule has 4 N–H and O–H groups in total. The van der Waals surface area contributed by atoms with Crippen LogP contribution in [-0.2, 0) is 13.6 Å². The van der Waals surface area contributed by atoms with Crippen molar-refractivity contribution in [2.75, 3.05) is 5.32 Å². The number of carbonyl (C=O) groups excluding carboxylic acids is 1. The van der Waals surface area contributed by atoms with Crippen LogP contribution in [0.1, 0.15) is 21.9 Å². The zero-order chi connectivity index (χ0) is 14.7. The van der Waals surface area contributed by atoms with Gasteiger partial charge in [0.25, 0.3) is 0 Å². The summed E-state index contributed by atoms with van der Waals surface area (Å²) in [5.74, 6) is -1.13. The first kappa shape index (κ1) is 13.7. The molecule has 0 atom stereocenters. The van der Waals surface area contributed by atoms with Crippen molar-refractivity contribution < 1.29 is 14.7 Å². The molecule has 0 aliphatic carbocycles. The molecule has 2 heterocycles. The van der Waals surface area contributed by atoms with Crippen molar-refractivity contribution in [1.29, 1.82) is 0 Å². The molecule has 0 saturated carbocycles. The zero-order valence-corrected chi connectivity index (χ0v) is 11.1. The fourth-order valence-corrected chi connectivity index (χ4v) is 1.75. The maximum Gasteiger partial charge on any atom is 0.354 e. The third-order valence-corrected chi connectivity index (χ3v) is 2.61. The molecule has 0 spiro atoms. The minimum Gasteiger partial charge on any atom is -0.477 e. The molecule has 8 nitrogen and oxygen atoms in total. The number of amides is 2. The van der Waals surface area contributed by atoms with E-state index in [-0.39, 0.29) is 17.9 Å². The Morgan fingerprint density at radius 3 is 2.85 bits per heavy atom. The zero-order valence-electron chi connectivity index (χ0n) is 11.1. The van der Waals surface area contributed by atoms with Gasteiger partial charge >= 0.3 is 12.0 Å². The standard InChI is InChI=1S/C12H15N5O3/c1-7-5-9(10(14-7)11(18)19)15-12(20)13-6-8-3-4-17(2)16-8/h3-5,14H,6H2,1-2H3,(H,18,19)(H2,13,15,20). The molecule has 0 aromatic carbocycles. The molecule has 0 radical (unpaired) electrons. The van der Waals surface area contributed by atoms with E-state index in [0.29, 0.717) is 11.4 Å². The maximum atomic E-state index is 11.7. The molecular formula is C12H15N5O3. The predicted molar refractivity (Wildman–Crippen MR) is 71.6 cm³/mol. The van der Waals surface area contributed by atoms with Crippen LogP contribution in [0.15, 0.2) is 18.3 Å². The van der Waals surface area contributed by atoms with Gasteiger partial charge in [0, 0.05) is 18.9 Å². The van der Waals surface area contributed by atoms with Crippen LogP contribution in [0.5, 0.6) is 0 Å². The number of nitrogens with one attached hydrogen (secondary N) is 3. The van der Waals surface area contributed by atoms with Crippen LogP contribution in [0.4, 0.5) is 10.5 Å².